The standard InChI is InChI=1S/C25H19Cl2N3O2/c1-16-14-22(31)23(25(32)29-21-9-5-4-8-20(21)27)24(18-6-2-3-7-19(18)26)30(16)15-17-10-12-28-13-11-17/h2-14H,15H2,1H3,(H,29,32). The SMILES string of the molecule is Cc1cc(=O)c(C(=O)Nc2ccccc2Cl)c(-c2ccccc2Cl)n1Cc1ccncc1. The largest absolute Gasteiger partial charge is 0.340 e. The van der Waals surface area contributed by atoms with Gasteiger partial charge in [-0.3, -0.25) is 14.6 Å². The molecule has 7 heteroatoms. The minimum absolute atomic E-state index is 0.00215. The highest BCUT2D eigenvalue weighted by Crippen LogP contribution is 2.31. The topological polar surface area (TPSA) is 64.0 Å². The van der Waals surface area contributed by atoms with E-state index < -0.39 is 11.3 Å². The fraction of sp³-hybridized carbons (Fsp3) is 0.0800. The third-order valence-corrected chi connectivity index (χ3v) is 5.75. The van der Waals surface area contributed by atoms with E-state index in [9.17, 15) is 9.59 Å². The van der Waals surface area contributed by atoms with E-state index in [0.717, 1.165) is 5.56 Å². The summed E-state index contributed by atoms with van der Waals surface area (Å²) in [7, 11) is 0. The summed E-state index contributed by atoms with van der Waals surface area (Å²) in [6.45, 7) is 2.26. The van der Waals surface area contributed by atoms with Crippen LogP contribution in [0.1, 0.15) is 21.6 Å². The number of halogens is 2. The van der Waals surface area contributed by atoms with Crippen LogP contribution in [-0.2, 0) is 6.54 Å². The summed E-state index contributed by atoms with van der Waals surface area (Å²) in [5, 5.41) is 3.59. The number of rotatable bonds is 5. The Morgan fingerprint density at radius 1 is 0.969 bits per heavy atom. The van der Waals surface area contributed by atoms with E-state index in [2.05, 4.69) is 10.3 Å². The number of para-hydroxylation sites is 1. The number of hydrogen-bond acceptors (Lipinski definition) is 3. The van der Waals surface area contributed by atoms with E-state index >= 15 is 0 Å². The van der Waals surface area contributed by atoms with Crippen LogP contribution < -0.4 is 10.7 Å². The van der Waals surface area contributed by atoms with Crippen molar-refractivity contribution >= 4 is 34.8 Å². The second kappa shape index (κ2) is 9.39. The third kappa shape index (κ3) is 4.44. The van der Waals surface area contributed by atoms with Gasteiger partial charge < -0.3 is 9.88 Å². The second-order valence-corrected chi connectivity index (χ2v) is 8.04. The first-order chi connectivity index (χ1) is 15.5. The van der Waals surface area contributed by atoms with E-state index in [0.29, 0.717) is 39.2 Å². The highest BCUT2D eigenvalue weighted by molar-refractivity contribution is 6.34. The molecule has 0 aliphatic rings. The van der Waals surface area contributed by atoms with Crippen LogP contribution in [0.25, 0.3) is 11.3 Å². The zero-order valence-corrected chi connectivity index (χ0v) is 18.7. The van der Waals surface area contributed by atoms with Crippen molar-refractivity contribution in [3.8, 4) is 11.3 Å². The zero-order chi connectivity index (χ0) is 22.7. The van der Waals surface area contributed by atoms with Crippen LogP contribution in [0, 0.1) is 6.92 Å². The lowest BCUT2D eigenvalue weighted by molar-refractivity contribution is 0.102. The molecule has 1 N–H and O–H groups in total. The van der Waals surface area contributed by atoms with Crippen LogP contribution in [0.4, 0.5) is 5.69 Å². The quantitative estimate of drug-likeness (QED) is 0.405. The lowest BCUT2D eigenvalue weighted by Gasteiger charge is -2.21. The normalized spacial score (nSPS) is 10.7. The lowest BCUT2D eigenvalue weighted by atomic mass is 10.0. The van der Waals surface area contributed by atoms with E-state index in [4.69, 9.17) is 23.2 Å². The molecule has 32 heavy (non-hydrogen) atoms. The Morgan fingerprint density at radius 3 is 2.31 bits per heavy atom. The molecular formula is C25H19Cl2N3O2. The minimum Gasteiger partial charge on any atom is -0.340 e. The monoisotopic (exact) mass is 463 g/mol. The number of aryl methyl sites for hydroxylation is 1. The molecule has 4 rings (SSSR count). The molecule has 0 fully saturated rings. The van der Waals surface area contributed by atoms with Gasteiger partial charge in [0, 0.05) is 41.3 Å². The molecule has 2 aromatic heterocycles. The first kappa shape index (κ1) is 21.8. The van der Waals surface area contributed by atoms with Crippen molar-refractivity contribution in [3.05, 3.63) is 116 Å². The van der Waals surface area contributed by atoms with Crippen molar-refractivity contribution in [2.75, 3.05) is 5.32 Å². The maximum absolute atomic E-state index is 13.4. The summed E-state index contributed by atoms with van der Waals surface area (Å²) in [4.78, 5) is 30.5. The molecule has 0 unspecified atom stereocenters. The van der Waals surface area contributed by atoms with Gasteiger partial charge in [-0.15, -0.1) is 0 Å². The summed E-state index contributed by atoms with van der Waals surface area (Å²) in [5.74, 6) is -0.554. The van der Waals surface area contributed by atoms with Gasteiger partial charge in [0.05, 0.1) is 16.4 Å². The summed E-state index contributed by atoms with van der Waals surface area (Å²) >= 11 is 12.7. The number of aromatic nitrogens is 2. The molecule has 160 valence electrons. The van der Waals surface area contributed by atoms with Crippen LogP contribution >= 0.6 is 23.2 Å². The predicted octanol–water partition coefficient (Wildman–Crippen LogP) is 5.83. The van der Waals surface area contributed by atoms with Crippen LogP contribution in [-0.4, -0.2) is 15.5 Å². The van der Waals surface area contributed by atoms with Crippen molar-refractivity contribution in [1.29, 1.82) is 0 Å². The van der Waals surface area contributed by atoms with E-state index in [1.165, 1.54) is 6.07 Å². The molecule has 5 nitrogen and oxygen atoms in total. The number of nitrogens with one attached hydrogen (secondary N) is 1. The summed E-state index contributed by atoms with van der Waals surface area (Å²) in [6, 6.07) is 19.3. The van der Waals surface area contributed by atoms with Crippen molar-refractivity contribution < 1.29 is 4.79 Å². The highest BCUT2D eigenvalue weighted by atomic mass is 35.5. The molecule has 0 spiro atoms. The van der Waals surface area contributed by atoms with Gasteiger partial charge in [-0.2, -0.15) is 0 Å². The molecule has 2 aromatic carbocycles. The fourth-order valence-corrected chi connectivity index (χ4v) is 3.95. The maximum atomic E-state index is 13.4. The molecule has 0 saturated carbocycles. The average Bonchev–Trinajstić information content (AvgIpc) is 2.78. The van der Waals surface area contributed by atoms with Crippen molar-refractivity contribution in [1.82, 2.24) is 9.55 Å². The number of benzene rings is 2. The number of anilines is 1. The maximum Gasteiger partial charge on any atom is 0.261 e. The van der Waals surface area contributed by atoms with Crippen molar-refractivity contribution in [3.63, 3.8) is 0 Å². The Balaban J connectivity index is 1.94. The van der Waals surface area contributed by atoms with Gasteiger partial charge in [-0.1, -0.05) is 53.5 Å². The molecule has 1 amide bonds. The number of carbonyl (C=O) groups excluding carboxylic acids is 1. The van der Waals surface area contributed by atoms with E-state index in [1.807, 2.05) is 29.7 Å². The predicted molar refractivity (Wildman–Crippen MR) is 129 cm³/mol. The summed E-state index contributed by atoms with van der Waals surface area (Å²) in [5.41, 5.74) is 2.74. The Labute approximate surface area is 195 Å². The minimum atomic E-state index is -0.554. The lowest BCUT2D eigenvalue weighted by Crippen LogP contribution is -2.27. The second-order valence-electron chi connectivity index (χ2n) is 7.23. The Kier molecular flexibility index (Phi) is 6.40. The van der Waals surface area contributed by atoms with Gasteiger partial charge in [-0.25, -0.2) is 0 Å². The molecule has 0 aliphatic carbocycles. The molecule has 2 heterocycles. The molecule has 0 radical (unpaired) electrons. The third-order valence-electron chi connectivity index (χ3n) is 5.09. The highest BCUT2D eigenvalue weighted by Gasteiger charge is 2.23. The molecule has 4 aromatic rings. The number of amides is 1. The van der Waals surface area contributed by atoms with Crippen molar-refractivity contribution in [2.45, 2.75) is 13.5 Å². The molecular weight excluding hydrogens is 445 g/mol. The van der Waals surface area contributed by atoms with Gasteiger partial charge in [-0.05, 0) is 42.8 Å². The Hall–Kier alpha value is -3.41. The first-order valence-corrected chi connectivity index (χ1v) is 10.7. The zero-order valence-electron chi connectivity index (χ0n) is 17.2. The summed E-state index contributed by atoms with van der Waals surface area (Å²) < 4.78 is 1.92. The van der Waals surface area contributed by atoms with E-state index in [-0.39, 0.29) is 5.56 Å². The van der Waals surface area contributed by atoms with Gasteiger partial charge in [0.1, 0.15) is 5.56 Å². The number of carbonyl (C=O) groups is 1. The van der Waals surface area contributed by atoms with Crippen LogP contribution in [0.2, 0.25) is 10.0 Å². The van der Waals surface area contributed by atoms with Gasteiger partial charge in [0.2, 0.25) is 0 Å². The Morgan fingerprint density at radius 2 is 1.62 bits per heavy atom. The Bertz CT molecular complexity index is 1350. The number of nitrogens with zero attached hydrogens (tertiary/aromatic N) is 2. The smallest absolute Gasteiger partial charge is 0.261 e. The molecule has 0 saturated heterocycles. The fourth-order valence-electron chi connectivity index (χ4n) is 3.54. The van der Waals surface area contributed by atoms with Gasteiger partial charge in [0.15, 0.2) is 5.43 Å². The van der Waals surface area contributed by atoms with Crippen molar-refractivity contribution in [2.24, 2.45) is 0 Å². The van der Waals surface area contributed by atoms with E-state index in [1.54, 1.807) is 54.9 Å². The summed E-state index contributed by atoms with van der Waals surface area (Å²) in [6.07, 6.45) is 3.40. The first-order valence-electron chi connectivity index (χ1n) is 9.90. The molecule has 0 bridgehead atoms. The molecule has 0 atom stereocenters. The van der Waals surface area contributed by atoms with Crippen LogP contribution in [0.5, 0.6) is 0 Å². The van der Waals surface area contributed by atoms with Gasteiger partial charge >= 0.3 is 0 Å². The van der Waals surface area contributed by atoms with Crippen LogP contribution in [0.15, 0.2) is 83.9 Å². The number of pyridine rings is 2. The number of hydrogen-bond donors (Lipinski definition) is 1. The average molecular weight is 464 g/mol. The molecule has 0 aliphatic heterocycles. The van der Waals surface area contributed by atoms with Crippen LogP contribution in [0.3, 0.4) is 0 Å². The van der Waals surface area contributed by atoms with Gasteiger partial charge in [0.25, 0.3) is 5.91 Å².